The van der Waals surface area contributed by atoms with E-state index in [1.165, 1.54) is 16.0 Å². The van der Waals surface area contributed by atoms with Crippen molar-refractivity contribution in [2.75, 3.05) is 7.11 Å². The molecule has 1 heterocycles. The van der Waals surface area contributed by atoms with Crippen LogP contribution in [0.1, 0.15) is 41.4 Å². The first-order valence-electron chi connectivity index (χ1n) is 6.85. The molecule has 4 heteroatoms. The summed E-state index contributed by atoms with van der Waals surface area (Å²) in [5, 5.41) is 3.71. The van der Waals surface area contributed by atoms with E-state index in [4.69, 9.17) is 16.3 Å². The van der Waals surface area contributed by atoms with Crippen LogP contribution in [0.25, 0.3) is 0 Å². The number of thiophene rings is 1. The highest BCUT2D eigenvalue weighted by Gasteiger charge is 2.26. The summed E-state index contributed by atoms with van der Waals surface area (Å²) in [4.78, 5) is 1.44. The lowest BCUT2D eigenvalue weighted by Gasteiger charge is -2.20. The van der Waals surface area contributed by atoms with Gasteiger partial charge in [0.2, 0.25) is 0 Å². The van der Waals surface area contributed by atoms with Gasteiger partial charge in [0.05, 0.1) is 11.4 Å². The zero-order valence-electron chi connectivity index (χ0n) is 11.7. The van der Waals surface area contributed by atoms with E-state index in [2.05, 4.69) is 30.4 Å². The Hall–Kier alpha value is -1.03. The molecule has 3 rings (SSSR count). The lowest BCUT2D eigenvalue weighted by Crippen LogP contribution is -2.22. The molecule has 1 aromatic carbocycles. The van der Waals surface area contributed by atoms with Crippen LogP contribution in [0.4, 0.5) is 0 Å². The topological polar surface area (TPSA) is 21.3 Å². The van der Waals surface area contributed by atoms with Gasteiger partial charge in [-0.2, -0.15) is 0 Å². The van der Waals surface area contributed by atoms with Crippen LogP contribution in [-0.2, 0) is 6.42 Å². The minimum Gasteiger partial charge on any atom is -0.497 e. The fourth-order valence-electron chi connectivity index (χ4n) is 2.81. The molecule has 0 saturated heterocycles. The Morgan fingerprint density at radius 1 is 1.40 bits per heavy atom. The maximum Gasteiger partial charge on any atom is 0.119 e. The maximum atomic E-state index is 6.11. The molecular formula is C16H18ClNOS. The van der Waals surface area contributed by atoms with Crippen LogP contribution in [0.5, 0.6) is 5.75 Å². The third-order valence-corrected chi connectivity index (χ3v) is 5.23. The summed E-state index contributed by atoms with van der Waals surface area (Å²) in [6.07, 6.45) is 2.29. The molecule has 1 aliphatic carbocycles. The van der Waals surface area contributed by atoms with Crippen molar-refractivity contribution in [1.82, 2.24) is 5.32 Å². The Kier molecular flexibility index (Phi) is 4.01. The summed E-state index contributed by atoms with van der Waals surface area (Å²) in [6, 6.07) is 11.1. The van der Waals surface area contributed by atoms with E-state index in [0.29, 0.717) is 12.1 Å². The summed E-state index contributed by atoms with van der Waals surface area (Å²) in [5.41, 5.74) is 2.63. The van der Waals surface area contributed by atoms with E-state index >= 15 is 0 Å². The van der Waals surface area contributed by atoms with Crippen LogP contribution < -0.4 is 10.1 Å². The normalized spacial score (nSPS) is 18.9. The SMILES string of the molecule is COc1cccc([C@@H](C)NC2CCc3sc(Cl)cc32)c1. The van der Waals surface area contributed by atoms with Gasteiger partial charge in [-0.25, -0.2) is 0 Å². The van der Waals surface area contributed by atoms with Crippen LogP contribution in [0.15, 0.2) is 30.3 Å². The van der Waals surface area contributed by atoms with Crippen molar-refractivity contribution >= 4 is 22.9 Å². The third kappa shape index (κ3) is 2.71. The monoisotopic (exact) mass is 307 g/mol. The average molecular weight is 308 g/mol. The van der Waals surface area contributed by atoms with Crippen LogP contribution in [-0.4, -0.2) is 7.11 Å². The quantitative estimate of drug-likeness (QED) is 0.880. The van der Waals surface area contributed by atoms with Crippen molar-refractivity contribution < 1.29 is 4.74 Å². The van der Waals surface area contributed by atoms with Gasteiger partial charge in [0.1, 0.15) is 5.75 Å². The molecule has 0 bridgehead atoms. The number of methoxy groups -OCH3 is 1. The highest BCUT2D eigenvalue weighted by Crippen LogP contribution is 2.40. The van der Waals surface area contributed by atoms with Gasteiger partial charge in [0.25, 0.3) is 0 Å². The van der Waals surface area contributed by atoms with Gasteiger partial charge in [0, 0.05) is 17.0 Å². The summed E-state index contributed by atoms with van der Waals surface area (Å²) in [5.74, 6) is 0.904. The summed E-state index contributed by atoms with van der Waals surface area (Å²) in [7, 11) is 1.70. The van der Waals surface area contributed by atoms with Crippen molar-refractivity contribution in [3.63, 3.8) is 0 Å². The predicted octanol–water partition coefficient (Wildman–Crippen LogP) is 4.75. The van der Waals surface area contributed by atoms with Crippen molar-refractivity contribution in [1.29, 1.82) is 0 Å². The smallest absolute Gasteiger partial charge is 0.119 e. The van der Waals surface area contributed by atoms with E-state index in [1.54, 1.807) is 18.4 Å². The number of nitrogens with one attached hydrogen (secondary N) is 1. The van der Waals surface area contributed by atoms with Gasteiger partial charge < -0.3 is 10.1 Å². The Bertz CT molecular complexity index is 610. The molecule has 0 fully saturated rings. The van der Waals surface area contributed by atoms with Crippen LogP contribution in [0, 0.1) is 0 Å². The molecule has 1 unspecified atom stereocenters. The van der Waals surface area contributed by atoms with Gasteiger partial charge >= 0.3 is 0 Å². The van der Waals surface area contributed by atoms with Gasteiger partial charge in [-0.05, 0) is 49.1 Å². The number of hydrogen-bond donors (Lipinski definition) is 1. The fourth-order valence-corrected chi connectivity index (χ4v) is 4.17. The van der Waals surface area contributed by atoms with Gasteiger partial charge in [-0.3, -0.25) is 0 Å². The Morgan fingerprint density at radius 2 is 2.25 bits per heavy atom. The summed E-state index contributed by atoms with van der Waals surface area (Å²) in [6.45, 7) is 2.20. The first-order chi connectivity index (χ1) is 9.67. The molecule has 0 amide bonds. The van der Waals surface area contributed by atoms with Crippen LogP contribution in [0.2, 0.25) is 4.34 Å². The second-order valence-corrected chi connectivity index (χ2v) is 6.95. The van der Waals surface area contributed by atoms with Crippen LogP contribution in [0.3, 0.4) is 0 Å². The van der Waals surface area contributed by atoms with Crippen molar-refractivity contribution in [2.24, 2.45) is 0 Å². The Balaban J connectivity index is 1.74. The van der Waals surface area contributed by atoms with E-state index in [1.807, 2.05) is 12.1 Å². The average Bonchev–Trinajstić information content (AvgIpc) is 2.99. The minimum absolute atomic E-state index is 0.291. The van der Waals surface area contributed by atoms with E-state index in [0.717, 1.165) is 22.9 Å². The molecule has 106 valence electrons. The molecular weight excluding hydrogens is 290 g/mol. The standard InChI is InChI=1S/C16H18ClNOS/c1-10(11-4-3-5-12(8-11)19-2)18-14-6-7-15-13(14)9-16(17)20-15/h3-5,8-10,14,18H,6-7H2,1-2H3/t10-,14?/m1/s1. The molecule has 0 radical (unpaired) electrons. The molecule has 1 N–H and O–H groups in total. The second-order valence-electron chi connectivity index (χ2n) is 5.19. The van der Waals surface area contributed by atoms with Gasteiger partial charge in [-0.1, -0.05) is 23.7 Å². The molecule has 20 heavy (non-hydrogen) atoms. The lowest BCUT2D eigenvalue weighted by atomic mass is 10.1. The van der Waals surface area contributed by atoms with Crippen molar-refractivity contribution in [2.45, 2.75) is 31.8 Å². The number of benzene rings is 1. The largest absolute Gasteiger partial charge is 0.497 e. The minimum atomic E-state index is 0.291. The van der Waals surface area contributed by atoms with Crippen LogP contribution >= 0.6 is 22.9 Å². The van der Waals surface area contributed by atoms with Gasteiger partial charge in [-0.15, -0.1) is 11.3 Å². The third-order valence-electron chi connectivity index (χ3n) is 3.89. The second kappa shape index (κ2) is 5.76. The number of ether oxygens (including phenoxy) is 1. The van der Waals surface area contributed by atoms with E-state index in [9.17, 15) is 0 Å². The predicted molar refractivity (Wildman–Crippen MR) is 84.9 cm³/mol. The molecule has 2 atom stereocenters. The first kappa shape index (κ1) is 13.9. The van der Waals surface area contributed by atoms with Gasteiger partial charge in [0.15, 0.2) is 0 Å². The number of halogens is 1. The molecule has 2 nitrogen and oxygen atoms in total. The molecule has 1 aromatic heterocycles. The highest BCUT2D eigenvalue weighted by molar-refractivity contribution is 7.16. The summed E-state index contributed by atoms with van der Waals surface area (Å²) < 4.78 is 6.19. The number of aryl methyl sites for hydroxylation is 1. The Labute approximate surface area is 128 Å². The zero-order chi connectivity index (χ0) is 14.1. The molecule has 0 saturated carbocycles. The summed E-state index contributed by atoms with van der Waals surface area (Å²) >= 11 is 7.83. The van der Waals surface area contributed by atoms with Crippen molar-refractivity contribution in [3.8, 4) is 5.75 Å². The molecule has 2 aromatic rings. The van der Waals surface area contributed by atoms with Crippen molar-refractivity contribution in [3.05, 3.63) is 50.7 Å². The number of rotatable bonds is 4. The zero-order valence-corrected chi connectivity index (χ0v) is 13.2. The fraction of sp³-hybridized carbons (Fsp3) is 0.375. The Morgan fingerprint density at radius 3 is 3.05 bits per heavy atom. The number of fused-ring (bicyclic) bond motifs is 1. The molecule has 0 aliphatic heterocycles. The van der Waals surface area contributed by atoms with E-state index in [-0.39, 0.29) is 0 Å². The molecule has 1 aliphatic rings. The maximum absolute atomic E-state index is 6.11. The number of hydrogen-bond acceptors (Lipinski definition) is 3. The molecule has 0 spiro atoms. The van der Waals surface area contributed by atoms with E-state index < -0.39 is 0 Å². The first-order valence-corrected chi connectivity index (χ1v) is 8.05. The lowest BCUT2D eigenvalue weighted by molar-refractivity contribution is 0.411. The highest BCUT2D eigenvalue weighted by atomic mass is 35.5.